The minimum atomic E-state index is -3.33. The van der Waals surface area contributed by atoms with Crippen LogP contribution in [-0.4, -0.2) is 73.2 Å². The SMILES string of the molecule is O=S(=O)(c1ccc(-c2ccc(-c3nc4nc(OC5CO[C@@H]6CCO[C@H]56)[nH]c4cc3Cl)cc2)cc1)C1CCNCC1. The molecule has 0 aliphatic carbocycles. The van der Waals surface area contributed by atoms with Gasteiger partial charge in [-0.3, -0.25) is 0 Å². The van der Waals surface area contributed by atoms with E-state index in [2.05, 4.69) is 15.3 Å². The van der Waals surface area contributed by atoms with Crippen molar-refractivity contribution in [3.63, 3.8) is 0 Å². The van der Waals surface area contributed by atoms with Crippen molar-refractivity contribution >= 4 is 32.6 Å². The van der Waals surface area contributed by atoms with Crippen LogP contribution in [0.4, 0.5) is 0 Å². The van der Waals surface area contributed by atoms with E-state index < -0.39 is 9.84 Å². The Balaban J connectivity index is 1.09. The highest BCUT2D eigenvalue weighted by atomic mass is 35.5. The molecule has 208 valence electrons. The number of aromatic amines is 1. The molecule has 4 aromatic rings. The van der Waals surface area contributed by atoms with Crippen LogP contribution in [0.2, 0.25) is 5.02 Å². The first-order valence-electron chi connectivity index (χ1n) is 13.6. The molecule has 11 heteroatoms. The number of imidazole rings is 1. The van der Waals surface area contributed by atoms with Crippen molar-refractivity contribution < 1.29 is 22.6 Å². The number of piperidine rings is 1. The molecule has 0 spiro atoms. The second-order valence-corrected chi connectivity index (χ2v) is 13.1. The third-order valence-electron chi connectivity index (χ3n) is 7.99. The van der Waals surface area contributed by atoms with Gasteiger partial charge in [0.15, 0.2) is 21.6 Å². The number of pyridine rings is 1. The van der Waals surface area contributed by atoms with Crippen molar-refractivity contribution in [3.05, 3.63) is 59.6 Å². The lowest BCUT2D eigenvalue weighted by atomic mass is 10.0. The molecule has 1 unspecified atom stereocenters. The van der Waals surface area contributed by atoms with Gasteiger partial charge in [0.1, 0.15) is 6.10 Å². The highest BCUT2D eigenvalue weighted by Gasteiger charge is 2.43. The van der Waals surface area contributed by atoms with Crippen LogP contribution in [0.5, 0.6) is 6.01 Å². The fourth-order valence-corrected chi connectivity index (χ4v) is 7.80. The molecule has 3 saturated heterocycles. The van der Waals surface area contributed by atoms with Crippen molar-refractivity contribution in [1.82, 2.24) is 20.3 Å². The third-order valence-corrected chi connectivity index (χ3v) is 10.6. The van der Waals surface area contributed by atoms with Crippen LogP contribution in [0, 0.1) is 0 Å². The van der Waals surface area contributed by atoms with E-state index in [1.165, 1.54) is 0 Å². The average Bonchev–Trinajstić information content (AvgIpc) is 3.70. The fraction of sp³-hybridized carbons (Fsp3) is 0.379. The number of hydrogen-bond acceptors (Lipinski definition) is 8. The van der Waals surface area contributed by atoms with Gasteiger partial charge < -0.3 is 24.5 Å². The first kappa shape index (κ1) is 25.9. The maximum atomic E-state index is 13.0. The lowest BCUT2D eigenvalue weighted by Crippen LogP contribution is -2.35. The Bertz CT molecular complexity index is 1640. The van der Waals surface area contributed by atoms with E-state index in [1.54, 1.807) is 18.2 Å². The molecule has 9 nitrogen and oxygen atoms in total. The minimum Gasteiger partial charge on any atom is -0.456 e. The van der Waals surface area contributed by atoms with Crippen molar-refractivity contribution in [3.8, 4) is 28.4 Å². The first-order chi connectivity index (χ1) is 19.5. The first-order valence-corrected chi connectivity index (χ1v) is 15.5. The molecular formula is C29H29ClN4O5S. The van der Waals surface area contributed by atoms with E-state index >= 15 is 0 Å². The van der Waals surface area contributed by atoms with E-state index in [0.717, 1.165) is 36.2 Å². The predicted octanol–water partition coefficient (Wildman–Crippen LogP) is 4.41. The van der Waals surface area contributed by atoms with Crippen molar-refractivity contribution in [2.75, 3.05) is 26.3 Å². The van der Waals surface area contributed by atoms with Crippen LogP contribution in [-0.2, 0) is 19.3 Å². The second kappa shape index (κ2) is 10.4. The van der Waals surface area contributed by atoms with Gasteiger partial charge in [-0.15, -0.1) is 0 Å². The number of benzene rings is 2. The predicted molar refractivity (Wildman–Crippen MR) is 151 cm³/mol. The number of H-pyrrole nitrogens is 1. The van der Waals surface area contributed by atoms with Crippen LogP contribution in [0.15, 0.2) is 59.5 Å². The number of rotatable bonds is 6. The molecule has 0 bridgehead atoms. The largest absolute Gasteiger partial charge is 0.456 e. The molecule has 7 rings (SSSR count). The summed E-state index contributed by atoms with van der Waals surface area (Å²) in [4.78, 5) is 12.8. The number of halogens is 1. The van der Waals surface area contributed by atoms with Crippen molar-refractivity contribution in [2.24, 2.45) is 0 Å². The van der Waals surface area contributed by atoms with E-state index in [4.69, 9.17) is 30.8 Å². The molecule has 3 aliphatic heterocycles. The molecule has 0 amide bonds. The lowest BCUT2D eigenvalue weighted by molar-refractivity contribution is 0.0273. The monoisotopic (exact) mass is 580 g/mol. The summed E-state index contributed by atoms with van der Waals surface area (Å²) in [6, 6.07) is 17.2. The van der Waals surface area contributed by atoms with Gasteiger partial charge in [0.05, 0.1) is 39.1 Å². The molecule has 0 radical (unpaired) electrons. The van der Waals surface area contributed by atoms with Gasteiger partial charge >= 0.3 is 0 Å². The molecular weight excluding hydrogens is 552 g/mol. The molecule has 3 atom stereocenters. The minimum absolute atomic E-state index is 0.0751. The zero-order valence-electron chi connectivity index (χ0n) is 21.7. The van der Waals surface area contributed by atoms with E-state index in [0.29, 0.717) is 58.8 Å². The second-order valence-electron chi connectivity index (χ2n) is 10.5. The summed E-state index contributed by atoms with van der Waals surface area (Å²) in [6.07, 6.45) is 1.97. The Morgan fingerprint density at radius 3 is 2.35 bits per heavy atom. The molecule has 2 N–H and O–H groups in total. The van der Waals surface area contributed by atoms with E-state index in [-0.39, 0.29) is 23.6 Å². The van der Waals surface area contributed by atoms with E-state index in [1.807, 2.05) is 36.4 Å². The van der Waals surface area contributed by atoms with Gasteiger partial charge in [0.2, 0.25) is 0 Å². The van der Waals surface area contributed by atoms with Crippen LogP contribution in [0.1, 0.15) is 19.3 Å². The summed E-state index contributed by atoms with van der Waals surface area (Å²) in [5.41, 5.74) is 4.55. The van der Waals surface area contributed by atoms with E-state index in [9.17, 15) is 8.42 Å². The normalized spacial score (nSPS) is 23.5. The van der Waals surface area contributed by atoms with Gasteiger partial charge in [0, 0.05) is 12.2 Å². The Hall–Kier alpha value is -3.02. The van der Waals surface area contributed by atoms with Gasteiger partial charge in [-0.25, -0.2) is 13.4 Å². The molecule has 2 aromatic carbocycles. The lowest BCUT2D eigenvalue weighted by Gasteiger charge is -2.22. The topological polar surface area (TPSA) is 115 Å². The van der Waals surface area contributed by atoms with Gasteiger partial charge in [-0.05, 0) is 61.7 Å². The standard InChI is InChI=1S/C29H29ClN4O5S/c30-22-15-23-28(34-29(32-23)39-25-16-38-24-11-14-37-27(24)25)33-26(22)19-3-1-17(2-4-19)18-5-7-20(8-6-18)40(35,36)21-9-12-31-13-10-21/h1-8,15,21,24-25,27,31H,9-14,16H2,(H,32,33,34)/t24-,25?,27+/m1/s1. The number of fused-ring (bicyclic) bond motifs is 2. The summed E-state index contributed by atoms with van der Waals surface area (Å²) in [5, 5.41) is 3.39. The Kier molecular flexibility index (Phi) is 6.76. The maximum absolute atomic E-state index is 13.0. The van der Waals surface area contributed by atoms with Crippen LogP contribution in [0.25, 0.3) is 33.5 Å². The third kappa shape index (κ3) is 4.77. The summed E-state index contributed by atoms with van der Waals surface area (Å²) < 4.78 is 43.6. The smallest absolute Gasteiger partial charge is 0.296 e. The van der Waals surface area contributed by atoms with Gasteiger partial charge in [-0.1, -0.05) is 48.0 Å². The summed E-state index contributed by atoms with van der Waals surface area (Å²) in [5.74, 6) is 0. The zero-order chi connectivity index (χ0) is 27.3. The van der Waals surface area contributed by atoms with Crippen LogP contribution in [0.3, 0.4) is 0 Å². The molecule has 3 aliphatic rings. The molecule has 3 fully saturated rings. The summed E-state index contributed by atoms with van der Waals surface area (Å²) in [7, 11) is -3.33. The number of ether oxygens (including phenoxy) is 3. The van der Waals surface area contributed by atoms with Crippen LogP contribution < -0.4 is 10.1 Å². The molecule has 5 heterocycles. The Morgan fingerprint density at radius 2 is 1.60 bits per heavy atom. The number of nitrogens with one attached hydrogen (secondary N) is 2. The molecule has 0 saturated carbocycles. The van der Waals surface area contributed by atoms with Gasteiger partial charge in [-0.2, -0.15) is 4.98 Å². The summed E-state index contributed by atoms with van der Waals surface area (Å²) in [6.45, 7) is 2.62. The number of nitrogens with zero attached hydrogens (tertiary/aromatic N) is 2. The fourth-order valence-electron chi connectivity index (χ4n) is 5.78. The average molecular weight is 581 g/mol. The van der Waals surface area contributed by atoms with Crippen molar-refractivity contribution in [2.45, 2.75) is 47.7 Å². The molecule has 40 heavy (non-hydrogen) atoms. The Labute approximate surface area is 237 Å². The number of hydrogen-bond donors (Lipinski definition) is 2. The Morgan fingerprint density at radius 1 is 0.900 bits per heavy atom. The zero-order valence-corrected chi connectivity index (χ0v) is 23.2. The quantitative estimate of drug-likeness (QED) is 0.345. The van der Waals surface area contributed by atoms with Crippen LogP contribution >= 0.6 is 11.6 Å². The number of sulfone groups is 1. The number of aromatic nitrogens is 3. The summed E-state index contributed by atoms with van der Waals surface area (Å²) >= 11 is 6.62. The maximum Gasteiger partial charge on any atom is 0.296 e. The van der Waals surface area contributed by atoms with Gasteiger partial charge in [0.25, 0.3) is 6.01 Å². The highest BCUT2D eigenvalue weighted by molar-refractivity contribution is 7.92. The molecule has 2 aromatic heterocycles. The van der Waals surface area contributed by atoms with Crippen molar-refractivity contribution in [1.29, 1.82) is 0 Å². The highest BCUT2D eigenvalue weighted by Crippen LogP contribution is 2.33.